The minimum atomic E-state index is -0.804. The second-order valence-electron chi connectivity index (χ2n) is 10.5. The summed E-state index contributed by atoms with van der Waals surface area (Å²) in [6.07, 6.45) is 11.9. The molecular weight excluding hydrogens is 364 g/mol. The molecule has 2 unspecified atom stereocenters. The van der Waals surface area contributed by atoms with Gasteiger partial charge in [0.05, 0.1) is 0 Å². The summed E-state index contributed by atoms with van der Waals surface area (Å²) in [5, 5.41) is 8.70. The fraction of sp³-hybridized carbons (Fsp3) is 0.920. The van der Waals surface area contributed by atoms with Crippen molar-refractivity contribution in [2.45, 2.75) is 131 Å². The number of aliphatic carboxylic acids is 1. The van der Waals surface area contributed by atoms with E-state index in [1.54, 1.807) is 0 Å². The molecule has 4 nitrogen and oxygen atoms in total. The molecule has 0 bridgehead atoms. The lowest BCUT2D eigenvalue weighted by Gasteiger charge is -2.25. The second kappa shape index (κ2) is 15.7. The van der Waals surface area contributed by atoms with E-state index in [0.29, 0.717) is 30.6 Å². The number of carboxylic acid groups (broad SMARTS) is 1. The summed E-state index contributed by atoms with van der Waals surface area (Å²) in [5.74, 6) is 0.428. The van der Waals surface area contributed by atoms with Crippen molar-refractivity contribution in [2.75, 3.05) is 0 Å². The van der Waals surface area contributed by atoms with Gasteiger partial charge >= 0.3 is 11.9 Å². The number of carboxylic acids is 1. The van der Waals surface area contributed by atoms with E-state index in [1.807, 2.05) is 0 Å². The lowest BCUT2D eigenvalue weighted by molar-refractivity contribution is -0.150. The highest BCUT2D eigenvalue weighted by molar-refractivity contribution is 5.70. The molecule has 0 spiro atoms. The molecule has 0 rings (SSSR count). The van der Waals surface area contributed by atoms with E-state index in [2.05, 4.69) is 41.5 Å². The fourth-order valence-corrected chi connectivity index (χ4v) is 3.95. The van der Waals surface area contributed by atoms with Crippen LogP contribution >= 0.6 is 0 Å². The molecule has 0 amide bonds. The largest absolute Gasteiger partial charge is 0.481 e. The third-order valence-corrected chi connectivity index (χ3v) is 5.32. The Morgan fingerprint density at radius 1 is 0.793 bits per heavy atom. The van der Waals surface area contributed by atoms with Gasteiger partial charge in [0.15, 0.2) is 0 Å². The van der Waals surface area contributed by atoms with E-state index < -0.39 is 5.97 Å². The molecule has 0 radical (unpaired) electrons. The van der Waals surface area contributed by atoms with Gasteiger partial charge in [-0.1, -0.05) is 67.2 Å². The quantitative estimate of drug-likeness (QED) is 0.200. The average molecular weight is 413 g/mol. The van der Waals surface area contributed by atoms with Gasteiger partial charge in [-0.15, -0.1) is 0 Å². The number of rotatable bonds is 17. The predicted octanol–water partition coefficient (Wildman–Crippen LogP) is 7.39. The van der Waals surface area contributed by atoms with Crippen molar-refractivity contribution in [1.82, 2.24) is 0 Å². The van der Waals surface area contributed by atoms with Crippen LogP contribution in [0.1, 0.15) is 125 Å². The number of hydrogen-bond acceptors (Lipinski definition) is 3. The summed E-state index contributed by atoms with van der Waals surface area (Å²) in [5.41, 5.74) is 0.326. The zero-order valence-electron chi connectivity index (χ0n) is 20.1. The van der Waals surface area contributed by atoms with Crippen LogP contribution in [0, 0.1) is 17.3 Å². The minimum Gasteiger partial charge on any atom is -0.481 e. The van der Waals surface area contributed by atoms with E-state index >= 15 is 0 Å². The van der Waals surface area contributed by atoms with E-state index in [0.717, 1.165) is 31.6 Å². The maximum atomic E-state index is 12.2. The number of ether oxygens (including phenoxy) is 1. The monoisotopic (exact) mass is 412 g/mol. The lowest BCUT2D eigenvalue weighted by Crippen LogP contribution is -2.20. The molecule has 0 saturated heterocycles. The molecule has 0 aliphatic heterocycles. The van der Waals surface area contributed by atoms with E-state index in [1.165, 1.54) is 32.1 Å². The lowest BCUT2D eigenvalue weighted by atomic mass is 9.83. The number of carbonyl (C=O) groups excluding carboxylic acids is 1. The first-order chi connectivity index (χ1) is 13.5. The van der Waals surface area contributed by atoms with Crippen LogP contribution < -0.4 is 0 Å². The summed E-state index contributed by atoms with van der Waals surface area (Å²) >= 11 is 0. The molecule has 1 N–H and O–H groups in total. The maximum absolute atomic E-state index is 12.2. The van der Waals surface area contributed by atoms with Crippen LogP contribution in [0.3, 0.4) is 0 Å². The van der Waals surface area contributed by atoms with Crippen LogP contribution in [-0.2, 0) is 14.3 Å². The van der Waals surface area contributed by atoms with Crippen molar-refractivity contribution < 1.29 is 19.4 Å². The topological polar surface area (TPSA) is 63.6 Å². The standard InChI is InChI=1S/C25H48O4/c1-20(2)13-9-7-8-10-14-22(18-17-21(3)19-25(4,5)6)29-24(28)16-12-11-15-23(26)27/h20-22H,7-19H2,1-6H3,(H,26,27). The Morgan fingerprint density at radius 3 is 1.93 bits per heavy atom. The summed E-state index contributed by atoms with van der Waals surface area (Å²) in [4.78, 5) is 22.8. The predicted molar refractivity (Wildman–Crippen MR) is 121 cm³/mol. The first kappa shape index (κ1) is 27.9. The summed E-state index contributed by atoms with van der Waals surface area (Å²) in [6, 6.07) is 0. The van der Waals surface area contributed by atoms with Gasteiger partial charge in [-0.2, -0.15) is 0 Å². The van der Waals surface area contributed by atoms with E-state index in [9.17, 15) is 9.59 Å². The maximum Gasteiger partial charge on any atom is 0.306 e. The van der Waals surface area contributed by atoms with Crippen LogP contribution in [0.4, 0.5) is 0 Å². The van der Waals surface area contributed by atoms with Crippen LogP contribution in [0.15, 0.2) is 0 Å². The van der Waals surface area contributed by atoms with Crippen LogP contribution in [0.5, 0.6) is 0 Å². The molecule has 0 aromatic heterocycles. The SMILES string of the molecule is CC(C)CCCCCCC(CCC(C)CC(C)(C)C)OC(=O)CCCCC(=O)O. The van der Waals surface area contributed by atoms with Crippen molar-refractivity contribution in [3.05, 3.63) is 0 Å². The number of carbonyl (C=O) groups is 2. The molecular formula is C25H48O4. The molecule has 2 atom stereocenters. The Labute approximate surface area is 180 Å². The van der Waals surface area contributed by atoms with Crippen molar-refractivity contribution in [2.24, 2.45) is 17.3 Å². The molecule has 0 aromatic carbocycles. The molecule has 4 heteroatoms. The van der Waals surface area contributed by atoms with Crippen molar-refractivity contribution in [3.8, 4) is 0 Å². The van der Waals surface area contributed by atoms with Crippen LogP contribution in [0.2, 0.25) is 0 Å². The zero-order valence-corrected chi connectivity index (χ0v) is 20.1. The van der Waals surface area contributed by atoms with Gasteiger partial charge < -0.3 is 9.84 Å². The highest BCUT2D eigenvalue weighted by atomic mass is 16.5. The normalized spacial score (nSPS) is 14.0. The van der Waals surface area contributed by atoms with Gasteiger partial charge in [0, 0.05) is 12.8 Å². The van der Waals surface area contributed by atoms with E-state index in [-0.39, 0.29) is 18.5 Å². The fourth-order valence-electron chi connectivity index (χ4n) is 3.95. The van der Waals surface area contributed by atoms with Gasteiger partial charge in [-0.05, 0) is 62.2 Å². The molecule has 0 aliphatic rings. The third kappa shape index (κ3) is 20.0. The number of esters is 1. The first-order valence-corrected chi connectivity index (χ1v) is 11.9. The summed E-state index contributed by atoms with van der Waals surface area (Å²) in [6.45, 7) is 13.7. The van der Waals surface area contributed by atoms with Gasteiger partial charge in [0.1, 0.15) is 6.10 Å². The summed E-state index contributed by atoms with van der Waals surface area (Å²) in [7, 11) is 0. The zero-order chi connectivity index (χ0) is 22.3. The average Bonchev–Trinajstić information content (AvgIpc) is 2.57. The molecule has 0 aliphatic carbocycles. The first-order valence-electron chi connectivity index (χ1n) is 11.9. The summed E-state index contributed by atoms with van der Waals surface area (Å²) < 4.78 is 5.80. The Kier molecular flexibility index (Phi) is 15.2. The molecule has 172 valence electrons. The van der Waals surface area contributed by atoms with Gasteiger partial charge in [-0.3, -0.25) is 9.59 Å². The highest BCUT2D eigenvalue weighted by Crippen LogP contribution is 2.28. The Hall–Kier alpha value is -1.06. The van der Waals surface area contributed by atoms with Crippen LogP contribution in [-0.4, -0.2) is 23.1 Å². The smallest absolute Gasteiger partial charge is 0.306 e. The molecule has 0 fully saturated rings. The number of hydrogen-bond donors (Lipinski definition) is 1. The van der Waals surface area contributed by atoms with Crippen molar-refractivity contribution >= 4 is 11.9 Å². The van der Waals surface area contributed by atoms with Gasteiger partial charge in [0.25, 0.3) is 0 Å². The van der Waals surface area contributed by atoms with Gasteiger partial charge in [-0.25, -0.2) is 0 Å². The minimum absolute atomic E-state index is 0.00879. The van der Waals surface area contributed by atoms with Crippen LogP contribution in [0.25, 0.3) is 0 Å². The van der Waals surface area contributed by atoms with Gasteiger partial charge in [0.2, 0.25) is 0 Å². The molecule has 0 heterocycles. The van der Waals surface area contributed by atoms with E-state index in [4.69, 9.17) is 9.84 Å². The Bertz CT molecular complexity index is 437. The Balaban J connectivity index is 4.35. The third-order valence-electron chi connectivity index (χ3n) is 5.32. The highest BCUT2D eigenvalue weighted by Gasteiger charge is 2.19. The Morgan fingerprint density at radius 2 is 1.38 bits per heavy atom. The van der Waals surface area contributed by atoms with Crippen molar-refractivity contribution in [3.63, 3.8) is 0 Å². The molecule has 0 saturated carbocycles. The molecule has 29 heavy (non-hydrogen) atoms. The van der Waals surface area contributed by atoms with Crippen molar-refractivity contribution in [1.29, 1.82) is 0 Å². The molecule has 0 aromatic rings. The number of unbranched alkanes of at least 4 members (excludes halogenated alkanes) is 4. The second-order valence-corrected chi connectivity index (χ2v) is 10.5.